The van der Waals surface area contributed by atoms with E-state index in [1.54, 1.807) is 0 Å². The van der Waals surface area contributed by atoms with Crippen LogP contribution in [-0.4, -0.2) is 96.7 Å². The van der Waals surface area contributed by atoms with Crippen molar-refractivity contribution in [2.45, 2.75) is 458 Å². The average Bonchev–Trinajstić information content (AvgIpc) is 0.924. The van der Waals surface area contributed by atoms with E-state index in [0.717, 1.165) is 102 Å². The highest BCUT2D eigenvalue weighted by Crippen LogP contribution is 2.45. The van der Waals surface area contributed by atoms with Gasteiger partial charge in [0.15, 0.2) is 12.2 Å². The van der Waals surface area contributed by atoms with Crippen molar-refractivity contribution in [3.05, 3.63) is 0 Å². The summed E-state index contributed by atoms with van der Waals surface area (Å²) >= 11 is 0. The third kappa shape index (κ3) is 74.9. The van der Waals surface area contributed by atoms with Gasteiger partial charge in [-0.1, -0.05) is 388 Å². The maximum absolute atomic E-state index is 13.1. The maximum Gasteiger partial charge on any atom is 0.472 e. The first kappa shape index (κ1) is 100. The van der Waals surface area contributed by atoms with Gasteiger partial charge in [-0.05, 0) is 37.5 Å². The van der Waals surface area contributed by atoms with Crippen LogP contribution >= 0.6 is 15.6 Å². The van der Waals surface area contributed by atoms with E-state index in [1.165, 1.54) is 257 Å². The Kier molecular flexibility index (Phi) is 73.1. The van der Waals surface area contributed by atoms with Crippen LogP contribution in [-0.2, 0) is 65.4 Å². The van der Waals surface area contributed by atoms with Gasteiger partial charge in [0, 0.05) is 25.7 Å². The molecule has 0 radical (unpaired) electrons. The minimum Gasteiger partial charge on any atom is -0.462 e. The standard InChI is InChI=1S/C83H162O17P2/c1-7-10-12-14-16-18-20-22-23-27-31-35-42-48-54-60-66-81(86)94-71-78(99-82(87)67-61-55-49-43-36-32-28-25-24-26-30-33-39-45-51-57-63-75(4)5)73-97-101(89,90)95-69-77(84)70-96-102(91,92)98-74-79(72-93-80(85)65-59-53-47-41-34-29-21-19-17-15-13-11-8-2)100-83(88)68-62-56-50-44-38-37-40-46-52-58-64-76(6)9-3/h75-79,84H,7-74H2,1-6H3,(H,89,90)(H,91,92)/t76?,77-,78-,79-/m1/s1. The lowest BCUT2D eigenvalue weighted by Crippen LogP contribution is -2.30. The van der Waals surface area contributed by atoms with Crippen molar-refractivity contribution in [3.8, 4) is 0 Å². The molecule has 0 aromatic heterocycles. The summed E-state index contributed by atoms with van der Waals surface area (Å²) in [5, 5.41) is 10.7. The molecule has 0 heterocycles. The fraction of sp³-hybridized carbons (Fsp3) is 0.952. The Balaban J connectivity index is 5.27. The van der Waals surface area contributed by atoms with Crippen LogP contribution in [0.2, 0.25) is 0 Å². The molecule has 0 amide bonds. The number of esters is 4. The zero-order chi connectivity index (χ0) is 74.9. The SMILES string of the molecule is CCCCCCCCCCCCCCCCCCC(=O)OC[C@H](COP(=O)(O)OC[C@@H](O)COP(=O)(O)OC[C@@H](COC(=O)CCCCCCCCCCCCCCC)OC(=O)CCCCCCCCCCCCC(C)CC)OC(=O)CCCCCCCCCCCCCCCCCCC(C)C. The van der Waals surface area contributed by atoms with E-state index in [0.29, 0.717) is 25.7 Å². The van der Waals surface area contributed by atoms with Crippen LogP contribution in [0.4, 0.5) is 0 Å². The Bertz CT molecular complexity index is 1960. The van der Waals surface area contributed by atoms with Gasteiger partial charge in [0.05, 0.1) is 26.4 Å². The van der Waals surface area contributed by atoms with E-state index >= 15 is 0 Å². The van der Waals surface area contributed by atoms with E-state index < -0.39 is 97.5 Å². The highest BCUT2D eigenvalue weighted by molar-refractivity contribution is 7.47. The normalized spacial score (nSPS) is 14.1. The summed E-state index contributed by atoms with van der Waals surface area (Å²) in [6.07, 6.45) is 65.0. The van der Waals surface area contributed by atoms with Crippen LogP contribution in [0.25, 0.3) is 0 Å². The van der Waals surface area contributed by atoms with Crippen molar-refractivity contribution in [1.29, 1.82) is 0 Å². The lowest BCUT2D eigenvalue weighted by molar-refractivity contribution is -0.161. The minimum atomic E-state index is -4.96. The molecule has 0 aliphatic rings. The summed E-state index contributed by atoms with van der Waals surface area (Å²) in [7, 11) is -9.92. The fourth-order valence-corrected chi connectivity index (χ4v) is 14.4. The predicted molar refractivity (Wildman–Crippen MR) is 418 cm³/mol. The van der Waals surface area contributed by atoms with E-state index in [1.807, 2.05) is 0 Å². The number of rotatable bonds is 82. The molecular weight excluding hydrogens is 1330 g/mol. The number of carbonyl (C=O) groups is 4. The summed E-state index contributed by atoms with van der Waals surface area (Å²) < 4.78 is 68.8. The number of phosphoric acid groups is 2. The van der Waals surface area contributed by atoms with Crippen molar-refractivity contribution in [1.82, 2.24) is 0 Å². The van der Waals surface area contributed by atoms with Gasteiger partial charge in [-0.15, -0.1) is 0 Å². The smallest absolute Gasteiger partial charge is 0.462 e. The number of hydrogen-bond acceptors (Lipinski definition) is 15. The second-order valence-corrected chi connectivity index (χ2v) is 33.5. The second-order valence-electron chi connectivity index (χ2n) is 30.6. The van der Waals surface area contributed by atoms with Gasteiger partial charge in [-0.25, -0.2) is 9.13 Å². The first-order valence-electron chi connectivity index (χ1n) is 43.0. The van der Waals surface area contributed by atoms with E-state index in [2.05, 4.69) is 41.5 Å². The van der Waals surface area contributed by atoms with Crippen molar-refractivity contribution in [2.75, 3.05) is 39.6 Å². The predicted octanol–water partition coefficient (Wildman–Crippen LogP) is 25.1. The molecule has 606 valence electrons. The van der Waals surface area contributed by atoms with Crippen molar-refractivity contribution in [2.24, 2.45) is 11.8 Å². The number of ether oxygens (including phenoxy) is 4. The lowest BCUT2D eigenvalue weighted by Gasteiger charge is -2.21. The summed E-state index contributed by atoms with van der Waals surface area (Å²) in [6, 6.07) is 0. The molecule has 0 aromatic carbocycles. The molecule has 19 heteroatoms. The Morgan fingerprint density at radius 3 is 0.745 bits per heavy atom. The molecule has 0 aromatic rings. The highest BCUT2D eigenvalue weighted by Gasteiger charge is 2.30. The molecule has 0 saturated heterocycles. The minimum absolute atomic E-state index is 0.107. The van der Waals surface area contributed by atoms with Gasteiger partial charge in [0.2, 0.25) is 0 Å². The van der Waals surface area contributed by atoms with E-state index in [9.17, 15) is 43.2 Å². The van der Waals surface area contributed by atoms with Crippen molar-refractivity contribution in [3.63, 3.8) is 0 Å². The monoisotopic (exact) mass is 1490 g/mol. The largest absolute Gasteiger partial charge is 0.472 e. The topological polar surface area (TPSA) is 237 Å². The molecule has 0 aliphatic carbocycles. The van der Waals surface area contributed by atoms with Crippen molar-refractivity contribution >= 4 is 39.5 Å². The summed E-state index contributed by atoms with van der Waals surface area (Å²) in [4.78, 5) is 73.2. The lowest BCUT2D eigenvalue weighted by atomic mass is 9.99. The maximum atomic E-state index is 13.1. The van der Waals surface area contributed by atoms with Gasteiger partial charge in [0.1, 0.15) is 19.3 Å². The Labute approximate surface area is 626 Å². The molecule has 6 atom stereocenters. The number of phosphoric ester groups is 2. The summed E-state index contributed by atoms with van der Waals surface area (Å²) in [5.41, 5.74) is 0. The molecule has 0 spiro atoms. The van der Waals surface area contributed by atoms with Gasteiger partial charge in [-0.3, -0.25) is 37.3 Å². The molecule has 0 rings (SSSR count). The van der Waals surface area contributed by atoms with Gasteiger partial charge >= 0.3 is 39.5 Å². The Morgan fingerprint density at radius 1 is 0.284 bits per heavy atom. The van der Waals surface area contributed by atoms with E-state index in [4.69, 9.17) is 37.0 Å². The number of carbonyl (C=O) groups excluding carboxylic acids is 4. The Hall–Kier alpha value is -1.94. The summed E-state index contributed by atoms with van der Waals surface area (Å²) in [5.74, 6) is -0.491. The van der Waals surface area contributed by atoms with Crippen molar-refractivity contribution < 1.29 is 80.2 Å². The molecule has 102 heavy (non-hydrogen) atoms. The van der Waals surface area contributed by atoms with Crippen LogP contribution in [0.15, 0.2) is 0 Å². The highest BCUT2D eigenvalue weighted by atomic mass is 31.2. The molecular formula is C83H162O17P2. The zero-order valence-corrected chi connectivity index (χ0v) is 68.7. The first-order chi connectivity index (χ1) is 49.4. The van der Waals surface area contributed by atoms with Crippen LogP contribution < -0.4 is 0 Å². The van der Waals surface area contributed by atoms with Crippen LogP contribution in [0, 0.1) is 11.8 Å². The summed E-state index contributed by atoms with van der Waals surface area (Å²) in [6.45, 7) is 9.71. The molecule has 3 N–H and O–H groups in total. The number of hydrogen-bond donors (Lipinski definition) is 3. The van der Waals surface area contributed by atoms with Gasteiger partial charge in [-0.2, -0.15) is 0 Å². The molecule has 0 bridgehead atoms. The van der Waals surface area contributed by atoms with E-state index in [-0.39, 0.29) is 25.7 Å². The third-order valence-electron chi connectivity index (χ3n) is 19.8. The first-order valence-corrected chi connectivity index (χ1v) is 46.0. The van der Waals surface area contributed by atoms with Gasteiger partial charge in [0.25, 0.3) is 0 Å². The van der Waals surface area contributed by atoms with Crippen LogP contribution in [0.1, 0.15) is 440 Å². The Morgan fingerprint density at radius 2 is 0.500 bits per heavy atom. The number of unbranched alkanes of at least 4 members (excludes halogenated alkanes) is 51. The molecule has 0 fully saturated rings. The zero-order valence-electron chi connectivity index (χ0n) is 66.9. The van der Waals surface area contributed by atoms with Crippen LogP contribution in [0.3, 0.4) is 0 Å². The molecule has 3 unspecified atom stereocenters. The second kappa shape index (κ2) is 74.5. The van der Waals surface area contributed by atoms with Crippen LogP contribution in [0.5, 0.6) is 0 Å². The number of aliphatic hydroxyl groups excluding tert-OH is 1. The third-order valence-corrected chi connectivity index (χ3v) is 21.7. The van der Waals surface area contributed by atoms with Gasteiger partial charge < -0.3 is 33.8 Å². The molecule has 0 saturated carbocycles. The number of aliphatic hydroxyl groups is 1. The quantitative estimate of drug-likeness (QED) is 0.0222. The molecule has 0 aliphatic heterocycles. The molecule has 17 nitrogen and oxygen atoms in total. The average molecular weight is 1490 g/mol. The fourth-order valence-electron chi connectivity index (χ4n) is 12.9.